The average Bonchev–Trinajstić information content (AvgIpc) is 3.13. The minimum atomic E-state index is 0.149. The fourth-order valence-electron chi connectivity index (χ4n) is 2.80. The highest BCUT2D eigenvalue weighted by atomic mass is 32.1. The molecule has 1 fully saturated rings. The van der Waals surface area contributed by atoms with Crippen LogP contribution in [0.2, 0.25) is 0 Å². The molecule has 1 atom stereocenters. The molecule has 25 heavy (non-hydrogen) atoms. The number of aliphatic hydroxyl groups is 1. The van der Waals surface area contributed by atoms with E-state index >= 15 is 0 Å². The van der Waals surface area contributed by atoms with Crippen LogP contribution in [0, 0.1) is 6.92 Å². The maximum atomic E-state index is 9.14. The van der Waals surface area contributed by atoms with Crippen molar-refractivity contribution in [3.63, 3.8) is 0 Å². The fourth-order valence-corrected chi connectivity index (χ4v) is 2.94. The van der Waals surface area contributed by atoms with Gasteiger partial charge in [-0.25, -0.2) is 0 Å². The Morgan fingerprint density at radius 1 is 1.52 bits per heavy atom. The predicted molar refractivity (Wildman–Crippen MR) is 106 cm³/mol. The number of benzene rings is 1. The lowest BCUT2D eigenvalue weighted by Crippen LogP contribution is -2.37. The van der Waals surface area contributed by atoms with Gasteiger partial charge in [0.15, 0.2) is 5.11 Å². The molecule has 7 heteroatoms. The van der Waals surface area contributed by atoms with Crippen molar-refractivity contribution in [2.75, 3.05) is 37.7 Å². The Hall–Kier alpha value is -1.70. The molecule has 1 aromatic rings. The van der Waals surface area contributed by atoms with Gasteiger partial charge in [0.25, 0.3) is 0 Å². The smallest absolute Gasteiger partial charge is 0.187 e. The highest BCUT2D eigenvalue weighted by molar-refractivity contribution is 7.80. The van der Waals surface area contributed by atoms with E-state index in [9.17, 15) is 0 Å². The lowest BCUT2D eigenvalue weighted by molar-refractivity contribution is 0.114. The van der Waals surface area contributed by atoms with E-state index in [4.69, 9.17) is 22.1 Å². The van der Waals surface area contributed by atoms with Crippen molar-refractivity contribution in [3.05, 3.63) is 29.3 Å². The van der Waals surface area contributed by atoms with Gasteiger partial charge in [-0.2, -0.15) is 5.10 Å². The number of hydrazone groups is 1. The molecule has 138 valence electrons. The topological polar surface area (TPSA) is 69.1 Å². The summed E-state index contributed by atoms with van der Waals surface area (Å²) < 4.78 is 5.54. The molecule has 1 aliphatic rings. The van der Waals surface area contributed by atoms with Gasteiger partial charge in [-0.3, -0.25) is 5.43 Å². The zero-order valence-corrected chi connectivity index (χ0v) is 15.8. The molecule has 3 N–H and O–H groups in total. The van der Waals surface area contributed by atoms with Crippen molar-refractivity contribution < 1.29 is 9.84 Å². The van der Waals surface area contributed by atoms with Crippen LogP contribution in [-0.4, -0.2) is 55.4 Å². The summed E-state index contributed by atoms with van der Waals surface area (Å²) >= 11 is 5.21. The summed E-state index contributed by atoms with van der Waals surface area (Å²) in [5.74, 6) is 0. The van der Waals surface area contributed by atoms with Crippen molar-refractivity contribution in [1.82, 2.24) is 10.7 Å². The van der Waals surface area contributed by atoms with Crippen molar-refractivity contribution >= 4 is 29.2 Å². The number of likely N-dealkylation sites (N-methyl/N-ethyl adjacent to an activating group) is 1. The largest absolute Gasteiger partial charge is 0.395 e. The summed E-state index contributed by atoms with van der Waals surface area (Å²) in [7, 11) is 0. The maximum absolute atomic E-state index is 9.14. The number of nitrogens with one attached hydrogen (secondary N) is 2. The third kappa shape index (κ3) is 6.26. The summed E-state index contributed by atoms with van der Waals surface area (Å²) in [6.45, 7) is 7.33. The molecule has 0 spiro atoms. The van der Waals surface area contributed by atoms with Gasteiger partial charge in [-0.05, 0) is 62.2 Å². The van der Waals surface area contributed by atoms with Gasteiger partial charge in [-0.15, -0.1) is 0 Å². The van der Waals surface area contributed by atoms with Crippen LogP contribution in [0.4, 0.5) is 5.69 Å². The molecule has 1 heterocycles. The molecule has 0 amide bonds. The van der Waals surface area contributed by atoms with Crippen molar-refractivity contribution in [1.29, 1.82) is 0 Å². The minimum absolute atomic E-state index is 0.149. The van der Waals surface area contributed by atoms with E-state index in [1.54, 1.807) is 6.21 Å². The van der Waals surface area contributed by atoms with Crippen LogP contribution in [0.3, 0.4) is 0 Å². The van der Waals surface area contributed by atoms with Gasteiger partial charge >= 0.3 is 0 Å². The Labute approximate surface area is 155 Å². The number of ether oxygens (including phenoxy) is 1. The molecule has 1 saturated heterocycles. The fraction of sp³-hybridized carbons (Fsp3) is 0.556. The first-order valence-electron chi connectivity index (χ1n) is 8.79. The van der Waals surface area contributed by atoms with Gasteiger partial charge in [-0.1, -0.05) is 6.07 Å². The second-order valence-corrected chi connectivity index (χ2v) is 6.47. The van der Waals surface area contributed by atoms with Crippen LogP contribution in [0.5, 0.6) is 0 Å². The molecule has 0 aromatic heterocycles. The number of thiocarbonyl (C=S) groups is 1. The number of aryl methyl sites for hydroxylation is 1. The monoisotopic (exact) mass is 364 g/mol. The zero-order valence-electron chi connectivity index (χ0n) is 15.0. The Kier molecular flexibility index (Phi) is 8.11. The van der Waals surface area contributed by atoms with Crippen LogP contribution in [0.1, 0.15) is 30.9 Å². The number of rotatable bonds is 8. The highest BCUT2D eigenvalue weighted by Crippen LogP contribution is 2.18. The van der Waals surface area contributed by atoms with Gasteiger partial charge in [0.2, 0.25) is 0 Å². The van der Waals surface area contributed by atoms with Crippen LogP contribution < -0.4 is 15.6 Å². The van der Waals surface area contributed by atoms with E-state index in [2.05, 4.69) is 33.7 Å². The van der Waals surface area contributed by atoms with Gasteiger partial charge < -0.3 is 20.1 Å². The SMILES string of the molecule is CCN(CCO)c1ccc(/C=N\NC(=S)NC[C@@H]2CCCO2)c(C)c1. The number of aliphatic hydroxyl groups excluding tert-OH is 1. The molecule has 0 radical (unpaired) electrons. The Bertz CT molecular complexity index is 588. The first-order chi connectivity index (χ1) is 12.1. The predicted octanol–water partition coefficient (Wildman–Crippen LogP) is 1.79. The Morgan fingerprint density at radius 3 is 3.00 bits per heavy atom. The van der Waals surface area contributed by atoms with E-state index in [-0.39, 0.29) is 12.7 Å². The van der Waals surface area contributed by atoms with E-state index in [1.165, 1.54) is 0 Å². The standard InChI is InChI=1S/C18H28N4O2S/c1-3-22(8-9-23)16-7-6-15(14(2)11-16)12-20-21-18(25)19-13-17-5-4-10-24-17/h6-7,11-12,17,23H,3-5,8-10,13H2,1-2H3,(H2,19,21,25)/b20-12-/t17-/m0/s1. The van der Waals surface area contributed by atoms with Crippen LogP contribution in [0.15, 0.2) is 23.3 Å². The summed E-state index contributed by atoms with van der Waals surface area (Å²) in [5, 5.41) is 17.0. The molecule has 0 bridgehead atoms. The van der Waals surface area contributed by atoms with E-state index in [0.29, 0.717) is 18.2 Å². The van der Waals surface area contributed by atoms with Gasteiger partial charge in [0.1, 0.15) is 0 Å². The first-order valence-corrected chi connectivity index (χ1v) is 9.19. The molecule has 2 rings (SSSR count). The lowest BCUT2D eigenvalue weighted by Gasteiger charge is -2.22. The van der Waals surface area contributed by atoms with Gasteiger partial charge in [0, 0.05) is 31.9 Å². The van der Waals surface area contributed by atoms with E-state index in [1.807, 2.05) is 19.1 Å². The number of hydrogen-bond acceptors (Lipinski definition) is 5. The van der Waals surface area contributed by atoms with Crippen molar-refractivity contribution in [2.45, 2.75) is 32.8 Å². The van der Waals surface area contributed by atoms with Crippen molar-refractivity contribution in [2.24, 2.45) is 5.10 Å². The summed E-state index contributed by atoms with van der Waals surface area (Å²) in [6, 6.07) is 6.18. The second-order valence-electron chi connectivity index (χ2n) is 6.06. The summed E-state index contributed by atoms with van der Waals surface area (Å²) in [4.78, 5) is 2.14. The first kappa shape index (κ1) is 19.6. The molecule has 0 saturated carbocycles. The van der Waals surface area contributed by atoms with Crippen LogP contribution >= 0.6 is 12.2 Å². The summed E-state index contributed by atoms with van der Waals surface area (Å²) in [5.41, 5.74) is 6.10. The molecule has 1 aromatic carbocycles. The number of nitrogens with zero attached hydrogens (tertiary/aromatic N) is 2. The minimum Gasteiger partial charge on any atom is -0.395 e. The van der Waals surface area contributed by atoms with Crippen molar-refractivity contribution in [3.8, 4) is 0 Å². The van der Waals surface area contributed by atoms with Gasteiger partial charge in [0.05, 0.1) is 18.9 Å². The van der Waals surface area contributed by atoms with E-state index in [0.717, 1.165) is 42.8 Å². The second kappa shape index (κ2) is 10.3. The van der Waals surface area contributed by atoms with Crippen LogP contribution in [0.25, 0.3) is 0 Å². The summed E-state index contributed by atoms with van der Waals surface area (Å²) in [6.07, 6.45) is 4.21. The number of anilines is 1. The lowest BCUT2D eigenvalue weighted by atomic mass is 10.1. The molecule has 1 aliphatic heterocycles. The third-order valence-corrected chi connectivity index (χ3v) is 4.49. The quantitative estimate of drug-likeness (QED) is 0.371. The third-order valence-electron chi connectivity index (χ3n) is 4.25. The highest BCUT2D eigenvalue weighted by Gasteiger charge is 2.15. The maximum Gasteiger partial charge on any atom is 0.187 e. The molecule has 0 unspecified atom stereocenters. The molecule has 6 nitrogen and oxygen atoms in total. The molecule has 0 aliphatic carbocycles. The van der Waals surface area contributed by atoms with Crippen LogP contribution in [-0.2, 0) is 4.74 Å². The Morgan fingerprint density at radius 2 is 2.36 bits per heavy atom. The molecular formula is C18H28N4O2S. The Balaban J connectivity index is 1.84. The molecular weight excluding hydrogens is 336 g/mol. The average molecular weight is 365 g/mol. The van der Waals surface area contributed by atoms with E-state index < -0.39 is 0 Å². The normalized spacial score (nSPS) is 17.0. The number of hydrogen-bond donors (Lipinski definition) is 3. The zero-order chi connectivity index (χ0) is 18.1.